The van der Waals surface area contributed by atoms with Gasteiger partial charge in [0.15, 0.2) is 0 Å². The lowest BCUT2D eigenvalue weighted by atomic mass is 10.0. The lowest BCUT2D eigenvalue weighted by molar-refractivity contribution is -0.111. The number of rotatable bonds is 5. The largest absolute Gasteiger partial charge is 0.352 e. The molecule has 0 unspecified atom stereocenters. The van der Waals surface area contributed by atoms with Crippen molar-refractivity contribution in [3.63, 3.8) is 0 Å². The molecule has 6 nitrogen and oxygen atoms in total. The van der Waals surface area contributed by atoms with Gasteiger partial charge in [-0.25, -0.2) is 9.97 Å². The van der Waals surface area contributed by atoms with Gasteiger partial charge in [0.05, 0.1) is 23.0 Å². The van der Waals surface area contributed by atoms with Crippen LogP contribution in [-0.4, -0.2) is 39.1 Å². The number of amides is 1. The summed E-state index contributed by atoms with van der Waals surface area (Å²) in [6.07, 6.45) is 2.32. The van der Waals surface area contributed by atoms with Gasteiger partial charge in [-0.15, -0.1) is 0 Å². The molecule has 3 rings (SSSR count). The second kappa shape index (κ2) is 6.80. The minimum atomic E-state index is -0.451. The summed E-state index contributed by atoms with van der Waals surface area (Å²) in [6.45, 7) is 6.14. The highest BCUT2D eigenvalue weighted by atomic mass is 35.5. The van der Waals surface area contributed by atoms with E-state index in [0.717, 1.165) is 17.4 Å². The van der Waals surface area contributed by atoms with Gasteiger partial charge in [0.25, 0.3) is 5.91 Å². The molecule has 2 heterocycles. The maximum absolute atomic E-state index is 12.6. The van der Waals surface area contributed by atoms with Crippen LogP contribution in [0.15, 0.2) is 24.4 Å². The van der Waals surface area contributed by atoms with Crippen molar-refractivity contribution in [1.82, 2.24) is 14.9 Å². The Morgan fingerprint density at radius 3 is 2.76 bits per heavy atom. The fraction of sp³-hybridized carbons (Fsp3) is 0.333. The van der Waals surface area contributed by atoms with E-state index in [4.69, 9.17) is 11.6 Å². The first-order chi connectivity index (χ1) is 11.9. The molecule has 1 N–H and O–H groups in total. The number of fused-ring (bicyclic) bond motifs is 1. The zero-order valence-corrected chi connectivity index (χ0v) is 15.0. The number of hydrogen-bond donors (Lipinski definition) is 1. The Bertz CT molecular complexity index is 838. The van der Waals surface area contributed by atoms with Crippen LogP contribution in [0.4, 0.5) is 5.95 Å². The molecule has 1 aliphatic heterocycles. The third-order valence-corrected chi connectivity index (χ3v) is 4.34. The van der Waals surface area contributed by atoms with E-state index in [-0.39, 0.29) is 11.9 Å². The average molecular weight is 359 g/mol. The summed E-state index contributed by atoms with van der Waals surface area (Å²) in [5.41, 5.74) is 2.79. The van der Waals surface area contributed by atoms with Crippen LogP contribution in [0, 0.1) is 0 Å². The van der Waals surface area contributed by atoms with Crippen LogP contribution in [-0.2, 0) is 11.3 Å². The van der Waals surface area contributed by atoms with Gasteiger partial charge in [0.2, 0.25) is 5.95 Å². The van der Waals surface area contributed by atoms with Crippen LogP contribution >= 0.6 is 11.6 Å². The van der Waals surface area contributed by atoms with E-state index < -0.39 is 6.04 Å². The molecule has 1 aliphatic rings. The molecule has 7 heteroatoms. The van der Waals surface area contributed by atoms with Crippen LogP contribution in [0.5, 0.6) is 0 Å². The third-order valence-electron chi connectivity index (χ3n) is 4.07. The summed E-state index contributed by atoms with van der Waals surface area (Å²) in [6, 6.07) is 5.28. The smallest absolute Gasteiger partial charge is 0.255 e. The van der Waals surface area contributed by atoms with Gasteiger partial charge in [-0.3, -0.25) is 4.79 Å². The highest BCUT2D eigenvalue weighted by Crippen LogP contribution is 2.32. The number of hydrogen-bond acceptors (Lipinski definition) is 5. The number of nitrogens with one attached hydrogen (secondary N) is 1. The summed E-state index contributed by atoms with van der Waals surface area (Å²) in [7, 11) is 0. The van der Waals surface area contributed by atoms with Crippen molar-refractivity contribution < 1.29 is 9.59 Å². The standard InChI is InChI=1S/C18H19ClN4O2/c1-10(2)21-18-20-7-15(19)16(22-18)12-4-5-13-8-23(11(3)9-24)17(25)14(13)6-12/h4-7,9-11H,8H2,1-3H3,(H,20,21,22)/t11-/m1/s1. The molecule has 0 bridgehead atoms. The number of aldehydes is 1. The fourth-order valence-electron chi connectivity index (χ4n) is 2.77. The normalized spacial score (nSPS) is 14.6. The van der Waals surface area contributed by atoms with Crippen LogP contribution in [0.3, 0.4) is 0 Å². The molecule has 0 saturated heterocycles. The van der Waals surface area contributed by atoms with Crippen molar-refractivity contribution in [3.8, 4) is 11.3 Å². The van der Waals surface area contributed by atoms with Crippen molar-refractivity contribution >= 4 is 29.7 Å². The van der Waals surface area contributed by atoms with Crippen LogP contribution in [0.2, 0.25) is 5.02 Å². The van der Waals surface area contributed by atoms with Gasteiger partial charge < -0.3 is 15.0 Å². The molecule has 1 aromatic heterocycles. The summed E-state index contributed by atoms with van der Waals surface area (Å²) in [5.74, 6) is 0.333. The zero-order chi connectivity index (χ0) is 18.1. The molecule has 0 spiro atoms. The predicted molar refractivity (Wildman–Crippen MR) is 96.6 cm³/mol. The van der Waals surface area contributed by atoms with E-state index in [9.17, 15) is 9.59 Å². The lowest BCUT2D eigenvalue weighted by Crippen LogP contribution is -2.34. The number of aromatic nitrogens is 2. The van der Waals surface area contributed by atoms with Crippen LogP contribution in [0.25, 0.3) is 11.3 Å². The number of carbonyl (C=O) groups excluding carboxylic acids is 2. The molecular weight excluding hydrogens is 340 g/mol. The monoisotopic (exact) mass is 358 g/mol. The van der Waals surface area contributed by atoms with Gasteiger partial charge in [-0.2, -0.15) is 0 Å². The Morgan fingerprint density at radius 1 is 1.32 bits per heavy atom. The Balaban J connectivity index is 1.98. The summed E-state index contributed by atoms with van der Waals surface area (Å²) >= 11 is 6.26. The van der Waals surface area contributed by atoms with Gasteiger partial charge in [-0.1, -0.05) is 23.7 Å². The second-order valence-electron chi connectivity index (χ2n) is 6.37. The number of anilines is 1. The Kier molecular flexibility index (Phi) is 4.72. The molecule has 0 radical (unpaired) electrons. The van der Waals surface area contributed by atoms with Crippen molar-refractivity contribution in [2.24, 2.45) is 0 Å². The molecule has 1 aromatic carbocycles. The average Bonchev–Trinajstić information content (AvgIpc) is 2.92. The Hall–Kier alpha value is -2.47. The fourth-order valence-corrected chi connectivity index (χ4v) is 2.97. The van der Waals surface area contributed by atoms with Crippen molar-refractivity contribution in [2.45, 2.75) is 39.4 Å². The minimum absolute atomic E-state index is 0.151. The molecule has 130 valence electrons. The van der Waals surface area contributed by atoms with E-state index >= 15 is 0 Å². The first-order valence-electron chi connectivity index (χ1n) is 8.09. The van der Waals surface area contributed by atoms with Crippen molar-refractivity contribution in [2.75, 3.05) is 5.32 Å². The first kappa shape index (κ1) is 17.4. The van der Waals surface area contributed by atoms with Crippen LogP contribution < -0.4 is 5.32 Å². The van der Waals surface area contributed by atoms with E-state index in [2.05, 4.69) is 15.3 Å². The minimum Gasteiger partial charge on any atom is -0.352 e. The molecule has 1 amide bonds. The topological polar surface area (TPSA) is 75.2 Å². The Morgan fingerprint density at radius 2 is 2.08 bits per heavy atom. The van der Waals surface area contributed by atoms with Gasteiger partial charge in [-0.05, 0) is 32.4 Å². The highest BCUT2D eigenvalue weighted by Gasteiger charge is 2.31. The van der Waals surface area contributed by atoms with Gasteiger partial charge in [0, 0.05) is 23.7 Å². The molecule has 1 atom stereocenters. The maximum atomic E-state index is 12.6. The molecule has 0 saturated carbocycles. The molecule has 0 fully saturated rings. The molecule has 25 heavy (non-hydrogen) atoms. The van der Waals surface area contributed by atoms with E-state index in [0.29, 0.717) is 28.8 Å². The molecular formula is C18H19ClN4O2. The van der Waals surface area contributed by atoms with E-state index in [1.165, 1.54) is 0 Å². The van der Waals surface area contributed by atoms with E-state index in [1.54, 1.807) is 24.1 Å². The number of carbonyl (C=O) groups is 2. The van der Waals surface area contributed by atoms with Gasteiger partial charge >= 0.3 is 0 Å². The first-order valence-corrected chi connectivity index (χ1v) is 8.47. The lowest BCUT2D eigenvalue weighted by Gasteiger charge is -2.18. The van der Waals surface area contributed by atoms with Gasteiger partial charge in [0.1, 0.15) is 6.29 Å². The summed E-state index contributed by atoms with van der Waals surface area (Å²) in [5, 5.41) is 3.55. The summed E-state index contributed by atoms with van der Waals surface area (Å²) < 4.78 is 0. The molecule has 0 aliphatic carbocycles. The number of halogens is 1. The number of nitrogens with zero attached hydrogens (tertiary/aromatic N) is 3. The van der Waals surface area contributed by atoms with Crippen molar-refractivity contribution in [1.29, 1.82) is 0 Å². The number of benzene rings is 1. The zero-order valence-electron chi connectivity index (χ0n) is 14.3. The third kappa shape index (κ3) is 3.35. The quantitative estimate of drug-likeness (QED) is 0.831. The predicted octanol–water partition coefficient (Wildman–Crippen LogP) is 3.16. The maximum Gasteiger partial charge on any atom is 0.255 e. The summed E-state index contributed by atoms with van der Waals surface area (Å²) in [4.78, 5) is 33.8. The molecule has 2 aromatic rings. The highest BCUT2D eigenvalue weighted by molar-refractivity contribution is 6.33. The SMILES string of the molecule is CC(C)Nc1ncc(Cl)c(-c2ccc3c(c2)C(=O)N([C@H](C)C=O)C3)n1. The van der Waals surface area contributed by atoms with E-state index in [1.807, 2.05) is 26.0 Å². The Labute approximate surface area is 151 Å². The van der Waals surface area contributed by atoms with Crippen molar-refractivity contribution in [3.05, 3.63) is 40.5 Å². The second-order valence-corrected chi connectivity index (χ2v) is 6.78. The van der Waals surface area contributed by atoms with Crippen LogP contribution in [0.1, 0.15) is 36.7 Å².